The molecule has 9 heteroatoms. The number of carbonyl (C=O) groups is 1. The molecule has 2 heterocycles. The molecular weight excluding hydrogens is 415 g/mol. The van der Waals surface area contributed by atoms with Crippen molar-refractivity contribution in [3.05, 3.63) is 70.2 Å². The predicted octanol–water partition coefficient (Wildman–Crippen LogP) is 2.81. The van der Waals surface area contributed by atoms with Gasteiger partial charge in [-0.25, -0.2) is 18.9 Å². The fraction of sp³-hybridized carbons (Fsp3) is 0.348. The van der Waals surface area contributed by atoms with E-state index in [2.05, 4.69) is 10.2 Å². The maximum Gasteiger partial charge on any atom is 0.348 e. The maximum atomic E-state index is 14.2. The van der Waals surface area contributed by atoms with Crippen molar-refractivity contribution in [2.24, 2.45) is 5.92 Å². The van der Waals surface area contributed by atoms with Crippen molar-refractivity contribution in [3.8, 4) is 17.2 Å². The molecule has 168 valence electrons. The number of hydrogen-bond donors (Lipinski definition) is 1. The summed E-state index contributed by atoms with van der Waals surface area (Å²) in [6.45, 7) is 1.16. The van der Waals surface area contributed by atoms with Crippen molar-refractivity contribution >= 4 is 5.91 Å². The summed E-state index contributed by atoms with van der Waals surface area (Å²) in [5.74, 6) is 1.27. The molecule has 1 fully saturated rings. The molecule has 1 aliphatic heterocycles. The number of para-hydroxylation sites is 1. The Balaban J connectivity index is 1.44. The first-order chi connectivity index (χ1) is 15.5. The van der Waals surface area contributed by atoms with Crippen LogP contribution in [-0.2, 0) is 6.42 Å². The number of nitrogens with one attached hydrogen (secondary N) is 1. The predicted molar refractivity (Wildman–Crippen MR) is 116 cm³/mol. The molecule has 0 spiro atoms. The normalized spacial score (nSPS) is 14.4. The lowest BCUT2D eigenvalue weighted by Gasteiger charge is -2.32. The van der Waals surface area contributed by atoms with E-state index in [4.69, 9.17) is 9.47 Å². The Labute approximate surface area is 184 Å². The number of H-pyrrole nitrogens is 1. The number of aromatic nitrogens is 3. The number of carbonyl (C=O) groups excluding carboxylic acids is 1. The van der Waals surface area contributed by atoms with Crippen molar-refractivity contribution in [2.45, 2.75) is 19.3 Å². The SMILES string of the molecule is COc1cc(OC)cc(C(=O)N2CCC(Cc3n[nH]c(=O)n3-c3ccccc3F)CC2)c1. The lowest BCUT2D eigenvalue weighted by atomic mass is 9.92. The second kappa shape index (κ2) is 9.25. The molecule has 0 bridgehead atoms. The molecule has 1 saturated heterocycles. The molecule has 1 aliphatic rings. The quantitative estimate of drug-likeness (QED) is 0.637. The van der Waals surface area contributed by atoms with Gasteiger partial charge in [-0.1, -0.05) is 12.1 Å². The second-order valence-electron chi connectivity index (χ2n) is 7.77. The molecule has 0 aliphatic carbocycles. The topological polar surface area (TPSA) is 89.5 Å². The monoisotopic (exact) mass is 440 g/mol. The van der Waals surface area contributed by atoms with Gasteiger partial charge < -0.3 is 14.4 Å². The summed E-state index contributed by atoms with van der Waals surface area (Å²) in [4.78, 5) is 27.0. The number of benzene rings is 2. The number of hydrogen-bond acceptors (Lipinski definition) is 5. The van der Waals surface area contributed by atoms with E-state index >= 15 is 0 Å². The van der Waals surface area contributed by atoms with E-state index < -0.39 is 11.5 Å². The van der Waals surface area contributed by atoms with E-state index in [1.807, 2.05) is 0 Å². The molecule has 1 amide bonds. The Bertz CT molecular complexity index is 1140. The Kier molecular flexibility index (Phi) is 6.25. The van der Waals surface area contributed by atoms with Crippen LogP contribution in [0, 0.1) is 11.7 Å². The van der Waals surface area contributed by atoms with Gasteiger partial charge >= 0.3 is 5.69 Å². The molecule has 4 rings (SSSR count). The zero-order valence-electron chi connectivity index (χ0n) is 18.0. The van der Waals surface area contributed by atoms with Crippen molar-refractivity contribution in [1.29, 1.82) is 0 Å². The molecule has 1 aromatic heterocycles. The van der Waals surface area contributed by atoms with Crippen LogP contribution in [0.2, 0.25) is 0 Å². The summed E-state index contributed by atoms with van der Waals surface area (Å²) >= 11 is 0. The summed E-state index contributed by atoms with van der Waals surface area (Å²) < 4.78 is 26.0. The number of methoxy groups -OCH3 is 2. The van der Waals surface area contributed by atoms with Crippen molar-refractivity contribution < 1.29 is 18.7 Å². The van der Waals surface area contributed by atoms with Gasteiger partial charge in [0.05, 0.1) is 19.9 Å². The fourth-order valence-corrected chi connectivity index (χ4v) is 4.06. The molecule has 3 aromatic rings. The lowest BCUT2D eigenvalue weighted by molar-refractivity contribution is 0.0689. The number of likely N-dealkylation sites (tertiary alicyclic amines) is 1. The molecule has 8 nitrogen and oxygen atoms in total. The Morgan fingerprint density at radius 3 is 2.41 bits per heavy atom. The number of aromatic amines is 1. The van der Waals surface area contributed by atoms with Gasteiger partial charge in [0.15, 0.2) is 0 Å². The number of ether oxygens (including phenoxy) is 2. The van der Waals surface area contributed by atoms with Crippen LogP contribution in [0.4, 0.5) is 4.39 Å². The smallest absolute Gasteiger partial charge is 0.348 e. The van der Waals surface area contributed by atoms with Crippen molar-refractivity contribution in [1.82, 2.24) is 19.7 Å². The first kappa shape index (κ1) is 21.6. The highest BCUT2D eigenvalue weighted by atomic mass is 19.1. The van der Waals surface area contributed by atoms with E-state index in [1.54, 1.807) is 55.5 Å². The van der Waals surface area contributed by atoms with Gasteiger partial charge in [0, 0.05) is 31.1 Å². The van der Waals surface area contributed by atoms with Crippen LogP contribution in [0.1, 0.15) is 29.0 Å². The highest BCUT2D eigenvalue weighted by Crippen LogP contribution is 2.26. The van der Waals surface area contributed by atoms with Crippen LogP contribution < -0.4 is 15.2 Å². The minimum atomic E-state index is -0.480. The standard InChI is InChI=1S/C23H25FN4O4/c1-31-17-12-16(13-18(14-17)32-2)22(29)27-9-7-15(8-10-27)11-21-25-26-23(30)28(21)20-6-4-3-5-19(20)24/h3-6,12-15H,7-11H2,1-2H3,(H,26,30). The van der Waals surface area contributed by atoms with Gasteiger partial charge in [-0.3, -0.25) is 4.79 Å². The highest BCUT2D eigenvalue weighted by molar-refractivity contribution is 5.95. The molecule has 0 unspecified atom stereocenters. The maximum absolute atomic E-state index is 14.2. The Hall–Kier alpha value is -3.62. The third kappa shape index (κ3) is 4.37. The first-order valence-electron chi connectivity index (χ1n) is 10.4. The fourth-order valence-electron chi connectivity index (χ4n) is 4.06. The van der Waals surface area contributed by atoms with Crippen molar-refractivity contribution in [3.63, 3.8) is 0 Å². The van der Waals surface area contributed by atoms with Crippen LogP contribution in [-0.4, -0.2) is 52.9 Å². The van der Waals surface area contributed by atoms with Gasteiger partial charge in [-0.15, -0.1) is 0 Å². The average Bonchev–Trinajstić information content (AvgIpc) is 3.18. The molecule has 32 heavy (non-hydrogen) atoms. The highest BCUT2D eigenvalue weighted by Gasteiger charge is 2.26. The van der Waals surface area contributed by atoms with Gasteiger partial charge in [-0.2, -0.15) is 5.10 Å². The molecule has 0 radical (unpaired) electrons. The molecule has 0 saturated carbocycles. The van der Waals surface area contributed by atoms with Crippen LogP contribution in [0.15, 0.2) is 47.3 Å². The zero-order valence-corrected chi connectivity index (χ0v) is 18.0. The van der Waals surface area contributed by atoms with E-state index in [0.29, 0.717) is 42.4 Å². The van der Waals surface area contributed by atoms with Crippen LogP contribution in [0.3, 0.4) is 0 Å². The largest absolute Gasteiger partial charge is 0.497 e. The summed E-state index contributed by atoms with van der Waals surface area (Å²) in [5.41, 5.74) is 0.228. The third-order valence-electron chi connectivity index (χ3n) is 5.81. The van der Waals surface area contributed by atoms with E-state index in [1.165, 1.54) is 10.6 Å². The van der Waals surface area contributed by atoms with Gasteiger partial charge in [0.25, 0.3) is 5.91 Å². The van der Waals surface area contributed by atoms with Gasteiger partial charge in [0.1, 0.15) is 23.1 Å². The number of piperidine rings is 1. The molecule has 2 aromatic carbocycles. The summed E-state index contributed by atoms with van der Waals surface area (Å²) in [5, 5.41) is 6.54. The van der Waals surface area contributed by atoms with E-state index in [0.717, 1.165) is 12.8 Å². The summed E-state index contributed by atoms with van der Waals surface area (Å²) in [6, 6.07) is 11.3. The third-order valence-corrected chi connectivity index (χ3v) is 5.81. The average molecular weight is 440 g/mol. The van der Waals surface area contributed by atoms with Crippen LogP contribution in [0.5, 0.6) is 11.5 Å². The number of amides is 1. The molecule has 0 atom stereocenters. The first-order valence-corrected chi connectivity index (χ1v) is 10.4. The summed E-state index contributed by atoms with van der Waals surface area (Å²) in [7, 11) is 3.09. The zero-order chi connectivity index (χ0) is 22.7. The van der Waals surface area contributed by atoms with Gasteiger partial charge in [-0.05, 0) is 43.0 Å². The summed E-state index contributed by atoms with van der Waals surface area (Å²) in [6.07, 6.45) is 2.03. The number of rotatable bonds is 6. The molecular formula is C23H25FN4O4. The Morgan fingerprint density at radius 2 is 1.78 bits per heavy atom. The minimum absolute atomic E-state index is 0.0799. The van der Waals surface area contributed by atoms with E-state index in [-0.39, 0.29) is 17.5 Å². The van der Waals surface area contributed by atoms with Crippen molar-refractivity contribution in [2.75, 3.05) is 27.3 Å². The molecule has 1 N–H and O–H groups in total. The lowest BCUT2D eigenvalue weighted by Crippen LogP contribution is -2.39. The number of nitrogens with zero attached hydrogens (tertiary/aromatic N) is 3. The number of halogens is 1. The van der Waals surface area contributed by atoms with Crippen LogP contribution in [0.25, 0.3) is 5.69 Å². The Morgan fingerprint density at radius 1 is 1.12 bits per heavy atom. The van der Waals surface area contributed by atoms with Gasteiger partial charge in [0.2, 0.25) is 0 Å². The second-order valence-corrected chi connectivity index (χ2v) is 7.77. The van der Waals surface area contributed by atoms with E-state index in [9.17, 15) is 14.0 Å². The minimum Gasteiger partial charge on any atom is -0.497 e. The van der Waals surface area contributed by atoms with Crippen LogP contribution >= 0.6 is 0 Å².